The molecule has 3 aromatic rings. The Morgan fingerprint density at radius 1 is 1.32 bits per heavy atom. The topological polar surface area (TPSA) is 94.2 Å². The van der Waals surface area contributed by atoms with Crippen molar-refractivity contribution < 1.29 is 27.2 Å². The fourth-order valence-corrected chi connectivity index (χ4v) is 3.22. The molecule has 0 N–H and O–H groups in total. The minimum Gasteiger partial charge on any atom is -0.472 e. The maximum atomic E-state index is 12.5. The van der Waals surface area contributed by atoms with Crippen molar-refractivity contribution in [2.24, 2.45) is 0 Å². The molecule has 3 aromatic heterocycles. The molecule has 12 heteroatoms. The van der Waals surface area contributed by atoms with Gasteiger partial charge in [0.15, 0.2) is 0 Å². The molecule has 1 atom stereocenters. The van der Waals surface area contributed by atoms with Crippen LogP contribution in [0, 0.1) is 0 Å². The van der Waals surface area contributed by atoms with Gasteiger partial charge in [-0.2, -0.15) is 18.2 Å². The van der Waals surface area contributed by atoms with E-state index in [0.29, 0.717) is 25.2 Å². The molecule has 1 fully saturated rings. The van der Waals surface area contributed by atoms with Gasteiger partial charge in [0.1, 0.15) is 11.8 Å². The summed E-state index contributed by atoms with van der Waals surface area (Å²) in [5.41, 5.74) is 2.27. The molecule has 0 aliphatic carbocycles. The molecule has 4 rings (SSSR count). The fraction of sp³-hybridized carbons (Fsp3) is 0.312. The summed E-state index contributed by atoms with van der Waals surface area (Å²) in [6.07, 6.45) is -3.00. The molecule has 1 aliphatic heterocycles. The Balaban J connectivity index is 1.37. The van der Waals surface area contributed by atoms with Crippen molar-refractivity contribution >= 4 is 17.2 Å². The van der Waals surface area contributed by atoms with Gasteiger partial charge < -0.3 is 14.2 Å². The number of halogens is 3. The number of amides is 1. The number of nitrogens with zero attached hydrogens (tertiary/aromatic N) is 5. The van der Waals surface area contributed by atoms with Crippen LogP contribution in [0.3, 0.4) is 0 Å². The van der Waals surface area contributed by atoms with Crippen LogP contribution in [0.1, 0.15) is 22.8 Å². The first-order valence-electron chi connectivity index (χ1n) is 8.11. The van der Waals surface area contributed by atoms with Crippen LogP contribution in [0.4, 0.5) is 13.2 Å². The second-order valence-corrected chi connectivity index (χ2v) is 6.68. The van der Waals surface area contributed by atoms with Crippen molar-refractivity contribution in [3.05, 3.63) is 40.8 Å². The number of thiazole rings is 1. The van der Waals surface area contributed by atoms with E-state index < -0.39 is 12.1 Å². The second-order valence-electron chi connectivity index (χ2n) is 5.96. The highest BCUT2D eigenvalue weighted by atomic mass is 32.1. The molecule has 8 nitrogen and oxygen atoms in total. The first kappa shape index (κ1) is 18.3. The van der Waals surface area contributed by atoms with E-state index in [1.54, 1.807) is 15.8 Å². The Hall–Kier alpha value is -3.02. The number of hydrogen-bond donors (Lipinski definition) is 0. The van der Waals surface area contributed by atoms with Crippen molar-refractivity contribution in [2.75, 3.05) is 13.1 Å². The zero-order chi connectivity index (χ0) is 19.7. The molecular formula is C16H12F3N5O3S. The average molecular weight is 411 g/mol. The molecule has 0 spiro atoms. The standard InChI is InChI=1S/C16H12F3N5O3S/c17-16(18,19)15-22-13(23-27-15)9-1-2-12(20-5-9)26-10-3-4-24(6-10)14(25)11-7-28-8-21-11/h1-2,5,7-8,10H,3-4,6H2. The number of pyridine rings is 1. The van der Waals surface area contributed by atoms with Gasteiger partial charge in [-0.1, -0.05) is 5.16 Å². The van der Waals surface area contributed by atoms with Crippen molar-refractivity contribution in [1.29, 1.82) is 0 Å². The van der Waals surface area contributed by atoms with Crippen LogP contribution in [0.2, 0.25) is 0 Å². The molecule has 28 heavy (non-hydrogen) atoms. The molecule has 1 saturated heterocycles. The Bertz CT molecular complexity index is 959. The van der Waals surface area contributed by atoms with Gasteiger partial charge in [-0.15, -0.1) is 11.3 Å². The summed E-state index contributed by atoms with van der Waals surface area (Å²) in [4.78, 5) is 25.3. The van der Waals surface area contributed by atoms with Gasteiger partial charge in [-0.25, -0.2) is 9.97 Å². The SMILES string of the molecule is O=C(c1cscn1)N1CCC(Oc2ccc(-c3noc(C(F)(F)F)n3)cn2)C1. The predicted octanol–water partition coefficient (Wildman–Crippen LogP) is 2.90. The number of carbonyl (C=O) groups excluding carboxylic acids is 1. The molecule has 0 aromatic carbocycles. The van der Waals surface area contributed by atoms with Crippen LogP contribution in [0.25, 0.3) is 11.4 Å². The Morgan fingerprint density at radius 3 is 2.82 bits per heavy atom. The number of hydrogen-bond acceptors (Lipinski definition) is 8. The highest BCUT2D eigenvalue weighted by Gasteiger charge is 2.38. The van der Waals surface area contributed by atoms with E-state index in [9.17, 15) is 18.0 Å². The molecule has 1 amide bonds. The average Bonchev–Trinajstić information content (AvgIpc) is 3.42. The number of likely N-dealkylation sites (tertiary alicyclic amines) is 1. The lowest BCUT2D eigenvalue weighted by Gasteiger charge is -2.15. The maximum absolute atomic E-state index is 12.5. The largest absolute Gasteiger partial charge is 0.472 e. The van der Waals surface area contributed by atoms with Crippen LogP contribution in [-0.4, -0.2) is 50.1 Å². The van der Waals surface area contributed by atoms with Crippen molar-refractivity contribution in [1.82, 2.24) is 25.0 Å². The zero-order valence-corrected chi connectivity index (χ0v) is 14.9. The van der Waals surface area contributed by atoms with Gasteiger partial charge in [-0.3, -0.25) is 4.79 Å². The van der Waals surface area contributed by atoms with Crippen molar-refractivity contribution in [3.63, 3.8) is 0 Å². The predicted molar refractivity (Wildman–Crippen MR) is 89.6 cm³/mol. The third kappa shape index (κ3) is 3.81. The van der Waals surface area contributed by atoms with E-state index in [1.807, 2.05) is 0 Å². The van der Waals surface area contributed by atoms with Gasteiger partial charge >= 0.3 is 12.1 Å². The van der Waals surface area contributed by atoms with E-state index in [0.717, 1.165) is 0 Å². The lowest BCUT2D eigenvalue weighted by atomic mass is 10.2. The number of carbonyl (C=O) groups is 1. The number of aromatic nitrogens is 4. The lowest BCUT2D eigenvalue weighted by molar-refractivity contribution is -0.159. The van der Waals surface area contributed by atoms with Gasteiger partial charge in [-0.05, 0) is 6.07 Å². The number of ether oxygens (including phenoxy) is 1. The molecule has 1 aliphatic rings. The van der Waals surface area contributed by atoms with Crippen LogP contribution >= 0.6 is 11.3 Å². The summed E-state index contributed by atoms with van der Waals surface area (Å²) in [5, 5.41) is 5.00. The van der Waals surface area contributed by atoms with Crippen LogP contribution in [0.5, 0.6) is 5.88 Å². The number of rotatable bonds is 4. The summed E-state index contributed by atoms with van der Waals surface area (Å²) in [6, 6.07) is 2.99. The quantitative estimate of drug-likeness (QED) is 0.652. The second kappa shape index (κ2) is 7.19. The molecular weight excluding hydrogens is 399 g/mol. The van der Waals surface area contributed by atoms with Crippen molar-refractivity contribution in [3.8, 4) is 17.3 Å². The van der Waals surface area contributed by atoms with E-state index >= 15 is 0 Å². The molecule has 0 bridgehead atoms. The summed E-state index contributed by atoms with van der Waals surface area (Å²) < 4.78 is 47.5. The summed E-state index contributed by atoms with van der Waals surface area (Å²) >= 11 is 1.35. The first-order valence-corrected chi connectivity index (χ1v) is 9.06. The summed E-state index contributed by atoms with van der Waals surface area (Å²) in [5.74, 6) is -1.49. The third-order valence-corrected chi connectivity index (χ3v) is 4.62. The highest BCUT2D eigenvalue weighted by molar-refractivity contribution is 7.07. The minimum absolute atomic E-state index is 0.145. The number of alkyl halides is 3. The van der Waals surface area contributed by atoms with Gasteiger partial charge in [0.05, 0.1) is 12.1 Å². The smallest absolute Gasteiger partial charge is 0.471 e. The van der Waals surface area contributed by atoms with Crippen molar-refractivity contribution in [2.45, 2.75) is 18.7 Å². The molecule has 146 valence electrons. The molecule has 0 saturated carbocycles. The van der Waals surface area contributed by atoms with E-state index in [2.05, 4.69) is 24.6 Å². The van der Waals surface area contributed by atoms with Gasteiger partial charge in [0.2, 0.25) is 11.7 Å². The van der Waals surface area contributed by atoms with E-state index in [-0.39, 0.29) is 29.3 Å². The van der Waals surface area contributed by atoms with E-state index in [4.69, 9.17) is 4.74 Å². The normalized spacial score (nSPS) is 17.1. The van der Waals surface area contributed by atoms with Crippen LogP contribution in [0.15, 0.2) is 33.7 Å². The van der Waals surface area contributed by atoms with E-state index in [1.165, 1.54) is 29.7 Å². The summed E-state index contributed by atoms with van der Waals surface area (Å²) in [6.45, 7) is 0.946. The van der Waals surface area contributed by atoms with Crippen LogP contribution < -0.4 is 4.74 Å². The van der Waals surface area contributed by atoms with Gasteiger partial charge in [0.25, 0.3) is 5.91 Å². The Morgan fingerprint density at radius 2 is 2.18 bits per heavy atom. The molecule has 0 radical (unpaired) electrons. The van der Waals surface area contributed by atoms with Crippen LogP contribution in [-0.2, 0) is 6.18 Å². The third-order valence-electron chi connectivity index (χ3n) is 4.03. The lowest BCUT2D eigenvalue weighted by Crippen LogP contribution is -2.31. The minimum atomic E-state index is -4.70. The molecule has 1 unspecified atom stereocenters. The summed E-state index contributed by atoms with van der Waals surface area (Å²) in [7, 11) is 0. The Labute approximate surface area is 160 Å². The first-order chi connectivity index (χ1) is 13.4. The fourth-order valence-electron chi connectivity index (χ4n) is 2.70. The zero-order valence-electron chi connectivity index (χ0n) is 14.1. The molecule has 4 heterocycles. The Kier molecular flexibility index (Phi) is 4.71. The van der Waals surface area contributed by atoms with Gasteiger partial charge in [0, 0.05) is 36.2 Å². The monoisotopic (exact) mass is 411 g/mol. The highest BCUT2D eigenvalue weighted by Crippen LogP contribution is 2.29. The maximum Gasteiger partial charge on any atom is 0.471 e.